The van der Waals surface area contributed by atoms with Crippen LogP contribution in [0.3, 0.4) is 0 Å². The van der Waals surface area contributed by atoms with E-state index in [1.807, 2.05) is 50.2 Å². The fraction of sp³-hybridized carbons (Fsp3) is 0.167. The Morgan fingerprint density at radius 3 is 2.55 bits per heavy atom. The first-order valence-corrected chi connectivity index (χ1v) is 14.0. The average molecular weight is 569 g/mol. The summed E-state index contributed by atoms with van der Waals surface area (Å²) in [4.78, 5) is 46.3. The lowest BCUT2D eigenvalue weighted by atomic mass is 9.84. The third-order valence-corrected chi connectivity index (χ3v) is 8.94. The molecule has 1 atom stereocenters. The van der Waals surface area contributed by atoms with Gasteiger partial charge in [-0.25, -0.2) is 0 Å². The zero-order chi connectivity index (χ0) is 27.8. The molecule has 0 aliphatic carbocycles. The number of carbonyl (C=O) groups excluding carboxylic acids is 2. The molecular formula is C30H21ClN4O4S. The number of amides is 2. The topological polar surface area (TPSA) is 96.6 Å². The van der Waals surface area contributed by atoms with Gasteiger partial charge in [0.2, 0.25) is 10.9 Å². The SMILES string of the molecule is CCc1nnc(N2C(=O)c3oc4ccc(C)cc4c(=O)c3C23C(=O)N(Cc2ccccc2Cl)c2ccccc23)s1. The Morgan fingerprint density at radius 2 is 1.77 bits per heavy atom. The Morgan fingerprint density at radius 1 is 1.00 bits per heavy atom. The van der Waals surface area contributed by atoms with Gasteiger partial charge in [0.15, 0.2) is 11.0 Å². The molecule has 1 spiro atoms. The van der Waals surface area contributed by atoms with Crippen LogP contribution in [-0.2, 0) is 23.3 Å². The number of fused-ring (bicyclic) bond motifs is 5. The highest BCUT2D eigenvalue weighted by molar-refractivity contribution is 7.15. The molecule has 0 fully saturated rings. The van der Waals surface area contributed by atoms with Crippen molar-refractivity contribution in [1.29, 1.82) is 0 Å². The van der Waals surface area contributed by atoms with Gasteiger partial charge in [-0.1, -0.05) is 77.9 Å². The number of benzene rings is 3. The minimum atomic E-state index is -1.83. The van der Waals surface area contributed by atoms with Gasteiger partial charge in [-0.05, 0) is 43.2 Å². The van der Waals surface area contributed by atoms with E-state index in [-0.39, 0.29) is 28.6 Å². The third-order valence-electron chi connectivity index (χ3n) is 7.52. The predicted molar refractivity (Wildman–Crippen MR) is 153 cm³/mol. The van der Waals surface area contributed by atoms with Crippen molar-refractivity contribution in [2.24, 2.45) is 0 Å². The summed E-state index contributed by atoms with van der Waals surface area (Å²) in [6, 6.07) is 19.7. The van der Waals surface area contributed by atoms with Crippen molar-refractivity contribution in [1.82, 2.24) is 10.2 Å². The summed E-state index contributed by atoms with van der Waals surface area (Å²) in [6.45, 7) is 3.94. The van der Waals surface area contributed by atoms with Crippen LogP contribution in [0.4, 0.5) is 10.8 Å². The molecule has 0 saturated carbocycles. The largest absolute Gasteiger partial charge is 0.450 e. The first kappa shape index (κ1) is 24.7. The van der Waals surface area contributed by atoms with Crippen LogP contribution in [0.25, 0.3) is 11.0 Å². The Hall–Kier alpha value is -4.34. The zero-order valence-electron chi connectivity index (χ0n) is 21.5. The fourth-order valence-electron chi connectivity index (χ4n) is 5.71. The first-order chi connectivity index (χ1) is 19.4. The molecule has 8 nitrogen and oxygen atoms in total. The van der Waals surface area contributed by atoms with Crippen molar-refractivity contribution in [2.75, 3.05) is 9.80 Å². The van der Waals surface area contributed by atoms with Crippen LogP contribution in [0, 0.1) is 6.92 Å². The van der Waals surface area contributed by atoms with Crippen molar-refractivity contribution >= 4 is 56.5 Å². The quantitative estimate of drug-likeness (QED) is 0.279. The Bertz CT molecular complexity index is 1950. The van der Waals surface area contributed by atoms with E-state index >= 15 is 0 Å². The van der Waals surface area contributed by atoms with E-state index in [4.69, 9.17) is 16.0 Å². The number of anilines is 2. The fourth-order valence-corrected chi connectivity index (χ4v) is 6.73. The molecule has 4 heterocycles. The minimum Gasteiger partial charge on any atom is -0.450 e. The summed E-state index contributed by atoms with van der Waals surface area (Å²) in [7, 11) is 0. The second-order valence-electron chi connectivity index (χ2n) is 9.82. The van der Waals surface area contributed by atoms with Gasteiger partial charge in [-0.3, -0.25) is 19.3 Å². The molecule has 2 aliphatic rings. The van der Waals surface area contributed by atoms with Crippen molar-refractivity contribution in [3.63, 3.8) is 0 Å². The molecule has 2 aliphatic heterocycles. The second kappa shape index (κ2) is 8.84. The van der Waals surface area contributed by atoms with E-state index in [0.29, 0.717) is 33.1 Å². The molecule has 0 N–H and O–H groups in total. The average Bonchev–Trinajstić information content (AvgIpc) is 3.60. The lowest BCUT2D eigenvalue weighted by Gasteiger charge is -2.32. The molecule has 10 heteroatoms. The van der Waals surface area contributed by atoms with Crippen LogP contribution >= 0.6 is 22.9 Å². The van der Waals surface area contributed by atoms with E-state index in [9.17, 15) is 14.4 Å². The summed E-state index contributed by atoms with van der Waals surface area (Å²) < 4.78 is 6.13. The van der Waals surface area contributed by atoms with Gasteiger partial charge < -0.3 is 9.32 Å². The molecule has 5 aromatic rings. The van der Waals surface area contributed by atoms with Crippen molar-refractivity contribution in [3.8, 4) is 0 Å². The van der Waals surface area contributed by atoms with Gasteiger partial charge in [-0.2, -0.15) is 0 Å². The van der Waals surface area contributed by atoms with Crippen LogP contribution < -0.4 is 15.2 Å². The van der Waals surface area contributed by atoms with Crippen molar-refractivity contribution in [3.05, 3.63) is 115 Å². The summed E-state index contributed by atoms with van der Waals surface area (Å²) in [6.07, 6.45) is 0.600. The maximum atomic E-state index is 14.9. The highest BCUT2D eigenvalue weighted by Crippen LogP contribution is 2.54. The molecule has 1 unspecified atom stereocenters. The highest BCUT2D eigenvalue weighted by atomic mass is 35.5. The first-order valence-electron chi connectivity index (χ1n) is 12.8. The smallest absolute Gasteiger partial charge is 0.297 e. The molecule has 198 valence electrons. The van der Waals surface area contributed by atoms with E-state index in [1.54, 1.807) is 35.2 Å². The number of halogens is 1. The van der Waals surface area contributed by atoms with E-state index in [0.717, 1.165) is 11.1 Å². The Labute approximate surface area is 237 Å². The van der Waals surface area contributed by atoms with Gasteiger partial charge in [0.1, 0.15) is 10.6 Å². The number of para-hydroxylation sites is 1. The van der Waals surface area contributed by atoms with Crippen LogP contribution in [0.1, 0.15) is 44.7 Å². The third kappa shape index (κ3) is 3.22. The summed E-state index contributed by atoms with van der Waals surface area (Å²) in [5.41, 5.74) is 0.650. The summed E-state index contributed by atoms with van der Waals surface area (Å²) in [5, 5.41) is 10.2. The maximum absolute atomic E-state index is 14.9. The minimum absolute atomic E-state index is 0.0112. The molecular weight excluding hydrogens is 548 g/mol. The molecule has 2 amide bonds. The number of hydrogen-bond donors (Lipinski definition) is 0. The summed E-state index contributed by atoms with van der Waals surface area (Å²) >= 11 is 7.71. The van der Waals surface area contributed by atoms with Crippen LogP contribution in [0.15, 0.2) is 75.9 Å². The molecule has 0 saturated heterocycles. The molecule has 40 heavy (non-hydrogen) atoms. The Kier molecular flexibility index (Phi) is 5.45. The highest BCUT2D eigenvalue weighted by Gasteiger charge is 2.66. The second-order valence-corrected chi connectivity index (χ2v) is 11.3. The number of aromatic nitrogens is 2. The lowest BCUT2D eigenvalue weighted by Crippen LogP contribution is -2.53. The monoisotopic (exact) mass is 568 g/mol. The maximum Gasteiger partial charge on any atom is 0.297 e. The van der Waals surface area contributed by atoms with Crippen LogP contribution in [0.2, 0.25) is 5.02 Å². The standard InChI is InChI=1S/C30H21ClN4O4S/c1-3-23-32-33-29(40-23)35-27(37)26-24(25(36)18-14-16(2)12-13-22(18)39-26)30(35)19-9-5-7-11-21(19)34(28(30)38)15-17-8-4-6-10-20(17)31/h4-14H,3,15H2,1-2H3. The van der Waals surface area contributed by atoms with E-state index in [2.05, 4.69) is 10.2 Å². The number of nitrogens with zero attached hydrogens (tertiary/aromatic N) is 4. The van der Waals surface area contributed by atoms with Crippen molar-refractivity contribution in [2.45, 2.75) is 32.4 Å². The summed E-state index contributed by atoms with van der Waals surface area (Å²) in [5.74, 6) is -1.25. The Balaban J connectivity index is 1.56. The zero-order valence-corrected chi connectivity index (χ0v) is 23.0. The number of carbonyl (C=O) groups is 2. The van der Waals surface area contributed by atoms with Crippen LogP contribution in [0.5, 0.6) is 0 Å². The van der Waals surface area contributed by atoms with E-state index in [1.165, 1.54) is 16.2 Å². The van der Waals surface area contributed by atoms with Gasteiger partial charge in [-0.15, -0.1) is 10.2 Å². The van der Waals surface area contributed by atoms with E-state index < -0.39 is 22.8 Å². The molecule has 7 rings (SSSR count). The predicted octanol–water partition coefficient (Wildman–Crippen LogP) is 5.62. The van der Waals surface area contributed by atoms with Gasteiger partial charge >= 0.3 is 0 Å². The van der Waals surface area contributed by atoms with Gasteiger partial charge in [0.25, 0.3) is 11.8 Å². The lowest BCUT2D eigenvalue weighted by molar-refractivity contribution is -0.121. The molecule has 0 radical (unpaired) electrons. The molecule has 2 aromatic heterocycles. The normalized spacial score (nSPS) is 17.8. The molecule has 3 aromatic carbocycles. The number of rotatable bonds is 4. The van der Waals surface area contributed by atoms with Crippen LogP contribution in [-0.4, -0.2) is 22.0 Å². The molecule has 0 bridgehead atoms. The van der Waals surface area contributed by atoms with Gasteiger partial charge in [0.05, 0.1) is 23.2 Å². The number of aryl methyl sites for hydroxylation is 2. The van der Waals surface area contributed by atoms with Crippen molar-refractivity contribution < 1.29 is 14.0 Å². The number of hydrogen-bond acceptors (Lipinski definition) is 7. The van der Waals surface area contributed by atoms with Gasteiger partial charge in [0, 0.05) is 10.6 Å².